The van der Waals surface area contributed by atoms with Crippen LogP contribution in [0, 0.1) is 0 Å². The number of methoxy groups -OCH3 is 2. The fourth-order valence-corrected chi connectivity index (χ4v) is 3.15. The van der Waals surface area contributed by atoms with Crippen molar-refractivity contribution in [2.24, 2.45) is 0 Å². The minimum absolute atomic E-state index is 0.171. The molecular formula is C18H18F3NO2. The Kier molecular flexibility index (Phi) is 4.41. The summed E-state index contributed by atoms with van der Waals surface area (Å²) in [5.41, 5.74) is 2.17. The van der Waals surface area contributed by atoms with Gasteiger partial charge < -0.3 is 14.8 Å². The first kappa shape index (κ1) is 16.6. The predicted octanol–water partition coefficient (Wildman–Crippen LogP) is 3.96. The Balaban J connectivity index is 2.01. The van der Waals surface area contributed by atoms with Gasteiger partial charge >= 0.3 is 6.18 Å². The van der Waals surface area contributed by atoms with Gasteiger partial charge in [-0.15, -0.1) is 0 Å². The zero-order valence-corrected chi connectivity index (χ0v) is 13.4. The van der Waals surface area contributed by atoms with Gasteiger partial charge in [-0.05, 0) is 35.7 Å². The maximum atomic E-state index is 12.7. The second-order valence-corrected chi connectivity index (χ2v) is 5.63. The van der Waals surface area contributed by atoms with E-state index < -0.39 is 11.7 Å². The number of alkyl halides is 3. The van der Waals surface area contributed by atoms with Crippen LogP contribution in [0.25, 0.3) is 0 Å². The van der Waals surface area contributed by atoms with Crippen LogP contribution >= 0.6 is 0 Å². The molecule has 1 atom stereocenters. The Morgan fingerprint density at radius 1 is 1.00 bits per heavy atom. The molecule has 0 fully saturated rings. The Bertz CT molecular complexity index is 726. The minimum Gasteiger partial charge on any atom is -0.493 e. The van der Waals surface area contributed by atoms with Crippen molar-refractivity contribution in [2.75, 3.05) is 20.8 Å². The van der Waals surface area contributed by atoms with Crippen LogP contribution in [-0.4, -0.2) is 20.8 Å². The summed E-state index contributed by atoms with van der Waals surface area (Å²) in [5, 5.41) is 3.36. The third-order valence-corrected chi connectivity index (χ3v) is 4.29. The van der Waals surface area contributed by atoms with Gasteiger partial charge in [0.25, 0.3) is 0 Å². The van der Waals surface area contributed by atoms with E-state index in [1.54, 1.807) is 14.2 Å². The SMILES string of the molecule is COc1ccc2c(c1OC)CCNC2c1ccc(C(F)(F)F)cc1. The van der Waals surface area contributed by atoms with Crippen LogP contribution in [0.4, 0.5) is 13.2 Å². The number of rotatable bonds is 3. The van der Waals surface area contributed by atoms with E-state index in [9.17, 15) is 13.2 Å². The molecule has 3 rings (SSSR count). The third kappa shape index (κ3) is 2.94. The summed E-state index contributed by atoms with van der Waals surface area (Å²) >= 11 is 0. The van der Waals surface area contributed by atoms with Crippen LogP contribution in [0.2, 0.25) is 0 Å². The Labute approximate surface area is 138 Å². The lowest BCUT2D eigenvalue weighted by Gasteiger charge is -2.29. The Morgan fingerprint density at radius 3 is 2.29 bits per heavy atom. The van der Waals surface area contributed by atoms with Crippen LogP contribution in [0.1, 0.15) is 28.3 Å². The van der Waals surface area contributed by atoms with Gasteiger partial charge in [0.1, 0.15) is 0 Å². The molecule has 2 aromatic carbocycles. The van der Waals surface area contributed by atoms with E-state index in [2.05, 4.69) is 5.32 Å². The summed E-state index contributed by atoms with van der Waals surface area (Å²) in [6, 6.07) is 8.86. The molecule has 0 saturated carbocycles. The molecule has 0 aromatic heterocycles. The summed E-state index contributed by atoms with van der Waals surface area (Å²) in [6.45, 7) is 0.711. The molecule has 1 N–H and O–H groups in total. The molecule has 0 aliphatic carbocycles. The standard InChI is InChI=1S/C18H18F3NO2/c1-23-15-8-7-13-14(17(15)24-2)9-10-22-16(13)11-3-5-12(6-4-11)18(19,20)21/h3-8,16,22H,9-10H2,1-2H3. The highest BCUT2D eigenvalue weighted by Gasteiger charge is 2.31. The molecule has 1 unspecified atom stereocenters. The van der Waals surface area contributed by atoms with E-state index in [1.165, 1.54) is 12.1 Å². The van der Waals surface area contributed by atoms with Crippen LogP contribution < -0.4 is 14.8 Å². The number of hydrogen-bond donors (Lipinski definition) is 1. The summed E-state index contributed by atoms with van der Waals surface area (Å²) in [6.07, 6.45) is -3.56. The molecule has 0 saturated heterocycles. The molecule has 3 nitrogen and oxygen atoms in total. The summed E-state index contributed by atoms with van der Waals surface area (Å²) in [5.74, 6) is 1.35. The first-order valence-electron chi connectivity index (χ1n) is 7.60. The molecule has 1 heterocycles. The molecular weight excluding hydrogens is 319 g/mol. The minimum atomic E-state index is -4.33. The first-order chi connectivity index (χ1) is 11.5. The lowest BCUT2D eigenvalue weighted by atomic mass is 9.88. The molecule has 24 heavy (non-hydrogen) atoms. The van der Waals surface area contributed by atoms with Crippen LogP contribution in [0.5, 0.6) is 11.5 Å². The Morgan fingerprint density at radius 2 is 1.71 bits per heavy atom. The van der Waals surface area contributed by atoms with Gasteiger partial charge in [0.15, 0.2) is 11.5 Å². The van der Waals surface area contributed by atoms with Crippen LogP contribution in [0.3, 0.4) is 0 Å². The summed E-state index contributed by atoms with van der Waals surface area (Å²) in [4.78, 5) is 0. The summed E-state index contributed by atoms with van der Waals surface area (Å²) in [7, 11) is 3.17. The first-order valence-corrected chi connectivity index (χ1v) is 7.60. The summed E-state index contributed by atoms with van der Waals surface area (Å²) < 4.78 is 49.0. The van der Waals surface area contributed by atoms with E-state index in [-0.39, 0.29) is 6.04 Å². The quantitative estimate of drug-likeness (QED) is 0.920. The van der Waals surface area contributed by atoms with Crippen molar-refractivity contribution in [2.45, 2.75) is 18.6 Å². The van der Waals surface area contributed by atoms with Crippen LogP contribution in [-0.2, 0) is 12.6 Å². The van der Waals surface area contributed by atoms with Gasteiger partial charge in [-0.1, -0.05) is 18.2 Å². The van der Waals surface area contributed by atoms with E-state index in [0.717, 1.165) is 35.2 Å². The van der Waals surface area contributed by atoms with Crippen molar-refractivity contribution >= 4 is 0 Å². The van der Waals surface area contributed by atoms with Crippen molar-refractivity contribution in [3.8, 4) is 11.5 Å². The van der Waals surface area contributed by atoms with Crippen molar-refractivity contribution in [3.05, 3.63) is 58.7 Å². The number of fused-ring (bicyclic) bond motifs is 1. The number of benzene rings is 2. The highest BCUT2D eigenvalue weighted by atomic mass is 19.4. The average molecular weight is 337 g/mol. The molecule has 0 radical (unpaired) electrons. The third-order valence-electron chi connectivity index (χ3n) is 4.29. The van der Waals surface area contributed by atoms with Crippen molar-refractivity contribution in [3.63, 3.8) is 0 Å². The second-order valence-electron chi connectivity index (χ2n) is 5.63. The van der Waals surface area contributed by atoms with E-state index in [1.807, 2.05) is 12.1 Å². The fraction of sp³-hybridized carbons (Fsp3) is 0.333. The van der Waals surface area contributed by atoms with Gasteiger partial charge in [-0.2, -0.15) is 13.2 Å². The Hall–Kier alpha value is -2.21. The largest absolute Gasteiger partial charge is 0.493 e. The second kappa shape index (κ2) is 6.36. The lowest BCUT2D eigenvalue weighted by Crippen LogP contribution is -2.31. The maximum absolute atomic E-state index is 12.7. The van der Waals surface area contributed by atoms with Crippen molar-refractivity contribution < 1.29 is 22.6 Å². The number of halogens is 3. The average Bonchev–Trinajstić information content (AvgIpc) is 2.59. The number of ether oxygens (including phenoxy) is 2. The smallest absolute Gasteiger partial charge is 0.416 e. The number of nitrogens with one attached hydrogen (secondary N) is 1. The normalized spacial score (nSPS) is 17.3. The molecule has 0 amide bonds. The highest BCUT2D eigenvalue weighted by molar-refractivity contribution is 5.54. The van der Waals surface area contributed by atoms with E-state index >= 15 is 0 Å². The predicted molar refractivity (Wildman–Crippen MR) is 84.5 cm³/mol. The maximum Gasteiger partial charge on any atom is 0.416 e. The fourth-order valence-electron chi connectivity index (χ4n) is 3.15. The molecule has 0 bridgehead atoms. The molecule has 2 aromatic rings. The molecule has 6 heteroatoms. The lowest BCUT2D eigenvalue weighted by molar-refractivity contribution is -0.137. The molecule has 1 aliphatic rings. The van der Waals surface area contributed by atoms with E-state index in [4.69, 9.17) is 9.47 Å². The number of hydrogen-bond acceptors (Lipinski definition) is 3. The van der Waals surface area contributed by atoms with Gasteiger partial charge in [0.05, 0.1) is 25.8 Å². The van der Waals surface area contributed by atoms with E-state index in [0.29, 0.717) is 18.0 Å². The molecule has 0 spiro atoms. The van der Waals surface area contributed by atoms with Gasteiger partial charge in [-0.25, -0.2) is 0 Å². The van der Waals surface area contributed by atoms with Gasteiger partial charge in [0, 0.05) is 12.1 Å². The zero-order valence-electron chi connectivity index (χ0n) is 13.4. The van der Waals surface area contributed by atoms with Crippen molar-refractivity contribution in [1.29, 1.82) is 0 Å². The topological polar surface area (TPSA) is 30.5 Å². The van der Waals surface area contributed by atoms with Gasteiger partial charge in [-0.3, -0.25) is 0 Å². The zero-order chi connectivity index (χ0) is 17.3. The molecule has 128 valence electrons. The van der Waals surface area contributed by atoms with Crippen molar-refractivity contribution in [1.82, 2.24) is 5.32 Å². The van der Waals surface area contributed by atoms with Crippen LogP contribution in [0.15, 0.2) is 36.4 Å². The van der Waals surface area contributed by atoms with Gasteiger partial charge in [0.2, 0.25) is 0 Å². The molecule has 1 aliphatic heterocycles. The highest BCUT2D eigenvalue weighted by Crippen LogP contribution is 2.40. The monoisotopic (exact) mass is 337 g/mol.